The van der Waals surface area contributed by atoms with Crippen LogP contribution >= 0.6 is 0 Å². The van der Waals surface area contributed by atoms with Crippen LogP contribution in [0.3, 0.4) is 0 Å². The Balaban J connectivity index is 2.27. The average Bonchev–Trinajstić information content (AvgIpc) is 2.78. The molecule has 0 atom stereocenters. The Kier molecular flexibility index (Phi) is 4.94. The molecule has 1 heterocycles. The van der Waals surface area contributed by atoms with E-state index in [4.69, 9.17) is 5.11 Å². The van der Waals surface area contributed by atoms with E-state index in [1.54, 1.807) is 0 Å². The van der Waals surface area contributed by atoms with Crippen molar-refractivity contribution < 1.29 is 14.7 Å². The third-order valence-electron chi connectivity index (χ3n) is 1.79. The molecule has 0 aromatic carbocycles. The predicted octanol–water partition coefficient (Wildman–Crippen LogP) is -0.422. The molecule has 1 aromatic heterocycles. The van der Waals surface area contributed by atoms with Crippen LogP contribution in [-0.4, -0.2) is 39.5 Å². The fourth-order valence-corrected chi connectivity index (χ4v) is 0.992. The van der Waals surface area contributed by atoms with Crippen molar-refractivity contribution in [1.82, 2.24) is 14.9 Å². The predicted molar refractivity (Wildman–Crippen MR) is 56.7 cm³/mol. The second-order valence-electron chi connectivity index (χ2n) is 3.03. The number of aliphatic hydroxyl groups is 1. The van der Waals surface area contributed by atoms with Gasteiger partial charge in [-0.05, 0) is 0 Å². The number of carbonyl (C=O) groups excluding carboxylic acids is 2. The molecule has 0 saturated carbocycles. The molecule has 0 radical (unpaired) electrons. The van der Waals surface area contributed by atoms with Gasteiger partial charge in [0.2, 0.25) is 0 Å². The lowest BCUT2D eigenvalue weighted by molar-refractivity contribution is -0.118. The molecule has 0 aliphatic heterocycles. The van der Waals surface area contributed by atoms with Gasteiger partial charge in [0.15, 0.2) is 5.78 Å². The van der Waals surface area contributed by atoms with Gasteiger partial charge in [-0.25, -0.2) is 4.98 Å². The van der Waals surface area contributed by atoms with Gasteiger partial charge in [0.25, 0.3) is 5.91 Å². The second-order valence-corrected chi connectivity index (χ2v) is 3.03. The third kappa shape index (κ3) is 4.05. The fourth-order valence-electron chi connectivity index (χ4n) is 0.992. The van der Waals surface area contributed by atoms with Crippen molar-refractivity contribution in [2.24, 2.45) is 0 Å². The maximum Gasteiger partial charge on any atom is 0.257 e. The number of ketones is 1. The lowest BCUT2D eigenvalue weighted by Gasteiger charge is -1.98. The van der Waals surface area contributed by atoms with Crippen molar-refractivity contribution in [2.75, 3.05) is 13.2 Å². The summed E-state index contributed by atoms with van der Waals surface area (Å²) in [6, 6.07) is 0. The number of imidazole rings is 1. The number of nitrogens with zero attached hydrogens (tertiary/aromatic N) is 2. The number of rotatable bonds is 6. The Morgan fingerprint density at radius 3 is 2.94 bits per heavy atom. The summed E-state index contributed by atoms with van der Waals surface area (Å²) in [5.41, 5.74) is 0. The van der Waals surface area contributed by atoms with E-state index < -0.39 is 0 Å². The number of allylic oxidation sites excluding steroid dienone is 1. The van der Waals surface area contributed by atoms with Gasteiger partial charge in [-0.15, -0.1) is 0 Å². The summed E-state index contributed by atoms with van der Waals surface area (Å²) in [7, 11) is 0. The topological polar surface area (TPSA) is 84.2 Å². The molecule has 0 aliphatic carbocycles. The zero-order valence-corrected chi connectivity index (χ0v) is 8.67. The van der Waals surface area contributed by atoms with Crippen molar-refractivity contribution in [3.8, 4) is 0 Å². The number of hydrogen-bond donors (Lipinski definition) is 2. The zero-order chi connectivity index (χ0) is 11.8. The first-order valence-corrected chi connectivity index (χ1v) is 4.79. The number of carbonyl (C=O) groups is 2. The van der Waals surface area contributed by atoms with E-state index >= 15 is 0 Å². The molecule has 16 heavy (non-hydrogen) atoms. The molecule has 0 saturated heterocycles. The summed E-state index contributed by atoms with van der Waals surface area (Å²) in [6.07, 6.45) is 7.25. The van der Waals surface area contributed by atoms with Crippen LogP contribution in [0.4, 0.5) is 0 Å². The van der Waals surface area contributed by atoms with Gasteiger partial charge >= 0.3 is 0 Å². The molecule has 6 nitrogen and oxygen atoms in total. The normalized spacial score (nSPS) is 10.6. The van der Waals surface area contributed by atoms with Gasteiger partial charge in [-0.3, -0.25) is 14.2 Å². The number of nitrogens with one attached hydrogen (secondary N) is 1. The summed E-state index contributed by atoms with van der Waals surface area (Å²) < 4.78 is 1.31. The van der Waals surface area contributed by atoms with E-state index in [1.807, 2.05) is 0 Å². The zero-order valence-electron chi connectivity index (χ0n) is 8.67. The summed E-state index contributed by atoms with van der Waals surface area (Å²) in [5.74, 6) is -0.359. The summed E-state index contributed by atoms with van der Waals surface area (Å²) >= 11 is 0. The molecule has 1 rings (SSSR count). The minimum absolute atomic E-state index is 0.105. The Hall–Kier alpha value is -1.95. The van der Waals surface area contributed by atoms with Crippen molar-refractivity contribution in [1.29, 1.82) is 0 Å². The minimum Gasteiger partial charge on any atom is -0.396 e. The van der Waals surface area contributed by atoms with Crippen LogP contribution in [0.1, 0.15) is 11.2 Å². The first-order chi connectivity index (χ1) is 7.74. The molecule has 0 amide bonds. The molecule has 6 heteroatoms. The first kappa shape index (κ1) is 12.1. The molecule has 2 N–H and O–H groups in total. The highest BCUT2D eigenvalue weighted by molar-refractivity contribution is 5.89. The van der Waals surface area contributed by atoms with E-state index in [0.29, 0.717) is 0 Å². The van der Waals surface area contributed by atoms with Crippen LogP contribution in [0.2, 0.25) is 0 Å². The molecule has 0 aliphatic rings. The SMILES string of the molecule is O=C(CCO)CNC=CC(=O)n1ccnc1. The van der Waals surface area contributed by atoms with Gasteiger partial charge in [-0.1, -0.05) is 0 Å². The minimum atomic E-state index is -0.250. The lowest BCUT2D eigenvalue weighted by atomic mass is 10.3. The molecule has 0 spiro atoms. The molecule has 0 unspecified atom stereocenters. The smallest absolute Gasteiger partial charge is 0.257 e. The van der Waals surface area contributed by atoms with Crippen LogP contribution in [0.15, 0.2) is 31.0 Å². The van der Waals surface area contributed by atoms with E-state index in [-0.39, 0.29) is 31.3 Å². The van der Waals surface area contributed by atoms with Crippen molar-refractivity contribution >= 4 is 11.7 Å². The molecule has 0 bridgehead atoms. The van der Waals surface area contributed by atoms with Crippen molar-refractivity contribution in [3.63, 3.8) is 0 Å². The highest BCUT2D eigenvalue weighted by Crippen LogP contribution is 1.87. The Labute approximate surface area is 92.6 Å². The molecular formula is C10H13N3O3. The van der Waals surface area contributed by atoms with Crippen LogP contribution in [0.25, 0.3) is 0 Å². The second kappa shape index (κ2) is 6.52. The van der Waals surface area contributed by atoms with E-state index in [0.717, 1.165) is 0 Å². The van der Waals surface area contributed by atoms with Crippen LogP contribution in [0, 0.1) is 0 Å². The van der Waals surface area contributed by atoms with E-state index in [9.17, 15) is 9.59 Å². The Morgan fingerprint density at radius 2 is 2.31 bits per heavy atom. The number of hydrogen-bond acceptors (Lipinski definition) is 5. The summed E-state index contributed by atoms with van der Waals surface area (Å²) in [5, 5.41) is 11.1. The molecule has 0 fully saturated rings. The van der Waals surface area contributed by atoms with Gasteiger partial charge in [0.05, 0.1) is 13.2 Å². The standard InChI is InChI=1S/C10H13N3O3/c14-6-2-9(15)7-11-3-1-10(16)13-5-4-12-8-13/h1,3-5,8,11,14H,2,6-7H2. The maximum absolute atomic E-state index is 11.3. The highest BCUT2D eigenvalue weighted by atomic mass is 16.3. The molecule has 1 aromatic rings. The van der Waals surface area contributed by atoms with E-state index in [1.165, 1.54) is 35.6 Å². The van der Waals surface area contributed by atoms with Crippen LogP contribution in [0.5, 0.6) is 0 Å². The van der Waals surface area contributed by atoms with Gasteiger partial charge in [-0.2, -0.15) is 0 Å². The monoisotopic (exact) mass is 223 g/mol. The van der Waals surface area contributed by atoms with Crippen LogP contribution < -0.4 is 5.32 Å². The average molecular weight is 223 g/mol. The van der Waals surface area contributed by atoms with Crippen molar-refractivity contribution in [3.05, 3.63) is 31.0 Å². The summed E-state index contributed by atoms with van der Waals surface area (Å²) in [4.78, 5) is 26.0. The first-order valence-electron chi connectivity index (χ1n) is 4.79. The Morgan fingerprint density at radius 1 is 1.50 bits per heavy atom. The molecule has 86 valence electrons. The van der Waals surface area contributed by atoms with Gasteiger partial charge in [0, 0.05) is 31.1 Å². The third-order valence-corrected chi connectivity index (χ3v) is 1.79. The number of aliphatic hydroxyl groups excluding tert-OH is 1. The highest BCUT2D eigenvalue weighted by Gasteiger charge is 1.99. The number of Topliss-reactive ketones (excluding diaryl/α,β-unsaturated/α-hetero) is 1. The van der Waals surface area contributed by atoms with E-state index in [2.05, 4.69) is 10.3 Å². The lowest BCUT2D eigenvalue weighted by Crippen LogP contribution is -2.19. The largest absolute Gasteiger partial charge is 0.396 e. The Bertz CT molecular complexity index is 371. The fraction of sp³-hybridized carbons (Fsp3) is 0.300. The van der Waals surface area contributed by atoms with Crippen LogP contribution in [-0.2, 0) is 4.79 Å². The van der Waals surface area contributed by atoms with Gasteiger partial charge < -0.3 is 10.4 Å². The maximum atomic E-state index is 11.3. The van der Waals surface area contributed by atoms with Crippen molar-refractivity contribution in [2.45, 2.75) is 6.42 Å². The number of aromatic nitrogens is 2. The molecular weight excluding hydrogens is 210 g/mol. The van der Waals surface area contributed by atoms with Gasteiger partial charge in [0.1, 0.15) is 6.33 Å². The quantitative estimate of drug-likeness (QED) is 0.640. The summed E-state index contributed by atoms with van der Waals surface area (Å²) in [6.45, 7) is -0.0491.